The van der Waals surface area contributed by atoms with Crippen molar-refractivity contribution in [2.45, 2.75) is 24.9 Å². The largest absolute Gasteiger partial charge is 0.465 e. The van der Waals surface area contributed by atoms with Crippen molar-refractivity contribution in [3.8, 4) is 11.3 Å². The van der Waals surface area contributed by atoms with E-state index >= 15 is 0 Å². The van der Waals surface area contributed by atoms with Crippen LogP contribution in [0, 0.1) is 5.92 Å². The third-order valence-corrected chi connectivity index (χ3v) is 4.87. The van der Waals surface area contributed by atoms with Crippen LogP contribution in [0.5, 0.6) is 0 Å². The topological polar surface area (TPSA) is 69.2 Å². The van der Waals surface area contributed by atoms with E-state index in [4.69, 9.17) is 0 Å². The summed E-state index contributed by atoms with van der Waals surface area (Å²) >= 11 is 3.45. The number of nitrogens with one attached hydrogen (secondary N) is 1. The monoisotopic (exact) mass is 347 g/mol. The summed E-state index contributed by atoms with van der Waals surface area (Å²) in [7, 11) is 0. The maximum absolute atomic E-state index is 11.4. The summed E-state index contributed by atoms with van der Waals surface area (Å²) in [5, 5.41) is 9.38. The number of piperidine rings is 1. The summed E-state index contributed by atoms with van der Waals surface area (Å²) in [6.45, 7) is 0. The second-order valence-electron chi connectivity index (χ2n) is 5.70. The Morgan fingerprint density at radius 3 is 3.05 bits per heavy atom. The minimum atomic E-state index is -0.842. The van der Waals surface area contributed by atoms with Gasteiger partial charge in [-0.2, -0.15) is 0 Å². The Morgan fingerprint density at radius 1 is 1.43 bits per heavy atom. The maximum atomic E-state index is 11.4. The number of aromatic amines is 1. The molecule has 0 radical (unpaired) electrons. The lowest BCUT2D eigenvalue weighted by atomic mass is 10.1. The number of carbonyl (C=O) groups is 1. The van der Waals surface area contributed by atoms with Gasteiger partial charge in [0, 0.05) is 16.1 Å². The van der Waals surface area contributed by atoms with Crippen molar-refractivity contribution in [1.29, 1.82) is 0 Å². The number of hydrogen-bond acceptors (Lipinski definition) is 2. The van der Waals surface area contributed by atoms with Crippen molar-refractivity contribution in [1.82, 2.24) is 14.9 Å². The molecule has 1 aliphatic heterocycles. The van der Waals surface area contributed by atoms with Gasteiger partial charge in [0.15, 0.2) is 0 Å². The molecule has 2 aliphatic rings. The Bertz CT molecular complexity index is 714. The van der Waals surface area contributed by atoms with E-state index in [-0.39, 0.29) is 12.1 Å². The smallest absolute Gasteiger partial charge is 0.408 e. The van der Waals surface area contributed by atoms with E-state index in [1.807, 2.05) is 24.3 Å². The highest BCUT2D eigenvalue weighted by Crippen LogP contribution is 2.52. The number of carboxylic acid groups (broad SMARTS) is 1. The SMILES string of the molecule is O=C(O)N1[C@@H]2C[C@@H]2C[C@H]1c1ncc(-c2cccc(Br)c2)[nH]1. The molecule has 0 bridgehead atoms. The highest BCUT2D eigenvalue weighted by molar-refractivity contribution is 9.10. The molecule has 2 heterocycles. The number of nitrogens with zero attached hydrogens (tertiary/aromatic N) is 2. The van der Waals surface area contributed by atoms with E-state index in [1.165, 1.54) is 0 Å². The maximum Gasteiger partial charge on any atom is 0.408 e. The molecule has 1 aromatic carbocycles. The molecule has 1 saturated heterocycles. The number of hydrogen-bond donors (Lipinski definition) is 2. The summed E-state index contributed by atoms with van der Waals surface area (Å²) in [5.74, 6) is 1.27. The molecule has 2 N–H and O–H groups in total. The van der Waals surface area contributed by atoms with Crippen molar-refractivity contribution >= 4 is 22.0 Å². The lowest BCUT2D eigenvalue weighted by Crippen LogP contribution is -2.32. The zero-order valence-corrected chi connectivity index (χ0v) is 12.7. The van der Waals surface area contributed by atoms with Crippen LogP contribution in [-0.2, 0) is 0 Å². The molecule has 2 aromatic rings. The lowest BCUT2D eigenvalue weighted by molar-refractivity contribution is 0.128. The molecule has 3 atom stereocenters. The van der Waals surface area contributed by atoms with E-state index < -0.39 is 6.09 Å². The second-order valence-corrected chi connectivity index (χ2v) is 6.61. The molecule has 4 rings (SSSR count). The van der Waals surface area contributed by atoms with Crippen molar-refractivity contribution in [2.75, 3.05) is 0 Å². The van der Waals surface area contributed by atoms with E-state index in [0.717, 1.165) is 34.4 Å². The van der Waals surface area contributed by atoms with Crippen LogP contribution in [0.15, 0.2) is 34.9 Å². The molecule has 1 saturated carbocycles. The predicted molar refractivity (Wildman–Crippen MR) is 80.8 cm³/mol. The average molecular weight is 348 g/mol. The molecule has 1 amide bonds. The summed E-state index contributed by atoms with van der Waals surface area (Å²) < 4.78 is 1.01. The summed E-state index contributed by atoms with van der Waals surface area (Å²) in [5.41, 5.74) is 1.95. The van der Waals surface area contributed by atoms with Crippen LogP contribution >= 0.6 is 15.9 Å². The van der Waals surface area contributed by atoms with Gasteiger partial charge in [0.1, 0.15) is 5.82 Å². The number of amides is 1. The summed E-state index contributed by atoms with van der Waals surface area (Å²) in [4.78, 5) is 20.7. The van der Waals surface area contributed by atoms with Crippen molar-refractivity contribution in [3.63, 3.8) is 0 Å². The van der Waals surface area contributed by atoms with Gasteiger partial charge in [0.2, 0.25) is 0 Å². The fraction of sp³-hybridized carbons (Fsp3) is 0.333. The number of rotatable bonds is 2. The normalized spacial score (nSPS) is 26.7. The molecule has 21 heavy (non-hydrogen) atoms. The van der Waals surface area contributed by atoms with E-state index in [9.17, 15) is 9.90 Å². The summed E-state index contributed by atoms with van der Waals surface area (Å²) in [6.07, 6.45) is 2.82. The first-order chi connectivity index (χ1) is 10.1. The number of H-pyrrole nitrogens is 1. The number of fused-ring (bicyclic) bond motifs is 1. The molecule has 1 aromatic heterocycles. The second kappa shape index (κ2) is 4.59. The average Bonchev–Trinajstić information content (AvgIpc) is 2.90. The fourth-order valence-corrected chi connectivity index (χ4v) is 3.68. The highest BCUT2D eigenvalue weighted by atomic mass is 79.9. The molecule has 0 unspecified atom stereocenters. The van der Waals surface area contributed by atoms with Crippen molar-refractivity contribution in [2.24, 2.45) is 5.92 Å². The molecule has 5 nitrogen and oxygen atoms in total. The lowest BCUT2D eigenvalue weighted by Gasteiger charge is -2.22. The van der Waals surface area contributed by atoms with Crippen LogP contribution in [0.1, 0.15) is 24.7 Å². The first-order valence-electron chi connectivity index (χ1n) is 6.95. The van der Waals surface area contributed by atoms with Gasteiger partial charge in [-0.25, -0.2) is 9.78 Å². The van der Waals surface area contributed by atoms with Crippen LogP contribution in [0.4, 0.5) is 4.79 Å². The first-order valence-corrected chi connectivity index (χ1v) is 7.75. The molecule has 1 aliphatic carbocycles. The van der Waals surface area contributed by atoms with Crippen molar-refractivity contribution in [3.05, 3.63) is 40.8 Å². The molecule has 2 fully saturated rings. The van der Waals surface area contributed by atoms with Crippen LogP contribution in [-0.4, -0.2) is 32.1 Å². The Morgan fingerprint density at radius 2 is 2.29 bits per heavy atom. The molecule has 6 heteroatoms. The van der Waals surface area contributed by atoms with Crippen LogP contribution in [0.25, 0.3) is 11.3 Å². The first kappa shape index (κ1) is 12.9. The standard InChI is InChI=1S/C15H14BrN3O2/c16-10-3-1-2-8(4-10)11-7-17-14(18-11)13-6-9-5-12(9)19(13)15(20)21/h1-4,7,9,12-13H,5-6H2,(H,17,18)(H,20,21)/t9-,12-,13+/m1/s1. The van der Waals surface area contributed by atoms with Gasteiger partial charge in [-0.3, -0.25) is 4.90 Å². The third kappa shape index (κ3) is 2.14. The number of halogens is 1. The van der Waals surface area contributed by atoms with Gasteiger partial charge in [0.05, 0.1) is 17.9 Å². The van der Waals surface area contributed by atoms with E-state index in [1.54, 1.807) is 11.1 Å². The number of aromatic nitrogens is 2. The Kier molecular flexibility index (Phi) is 2.82. The zero-order valence-electron chi connectivity index (χ0n) is 11.2. The van der Waals surface area contributed by atoms with E-state index in [0.29, 0.717) is 5.92 Å². The van der Waals surface area contributed by atoms with Gasteiger partial charge in [-0.05, 0) is 30.9 Å². The number of benzene rings is 1. The molecule has 0 spiro atoms. The minimum Gasteiger partial charge on any atom is -0.465 e. The van der Waals surface area contributed by atoms with Crippen LogP contribution < -0.4 is 0 Å². The Labute approximate surface area is 130 Å². The number of imidazole rings is 1. The zero-order chi connectivity index (χ0) is 14.6. The summed E-state index contributed by atoms with van der Waals surface area (Å²) in [6, 6.07) is 8.02. The predicted octanol–water partition coefficient (Wildman–Crippen LogP) is 3.65. The molecular formula is C15H14BrN3O2. The number of likely N-dealkylation sites (tertiary alicyclic amines) is 1. The minimum absolute atomic E-state index is 0.132. The third-order valence-electron chi connectivity index (χ3n) is 4.37. The quantitative estimate of drug-likeness (QED) is 0.870. The molecular weight excluding hydrogens is 334 g/mol. The van der Waals surface area contributed by atoms with Gasteiger partial charge in [-0.1, -0.05) is 28.1 Å². The van der Waals surface area contributed by atoms with Crippen LogP contribution in [0.2, 0.25) is 0 Å². The highest BCUT2D eigenvalue weighted by Gasteiger charge is 2.55. The van der Waals surface area contributed by atoms with Gasteiger partial charge < -0.3 is 10.1 Å². The molecule has 108 valence electrons. The Hall–Kier alpha value is -1.82. The fourth-order valence-electron chi connectivity index (χ4n) is 3.28. The Balaban J connectivity index is 1.64. The van der Waals surface area contributed by atoms with E-state index in [2.05, 4.69) is 25.9 Å². The van der Waals surface area contributed by atoms with Crippen molar-refractivity contribution < 1.29 is 9.90 Å². The van der Waals surface area contributed by atoms with Crippen LogP contribution in [0.3, 0.4) is 0 Å². The van der Waals surface area contributed by atoms with Gasteiger partial charge >= 0.3 is 6.09 Å². The van der Waals surface area contributed by atoms with Gasteiger partial charge in [0.25, 0.3) is 0 Å². The van der Waals surface area contributed by atoms with Gasteiger partial charge in [-0.15, -0.1) is 0 Å².